The Hall–Kier alpha value is -2.12. The van der Waals surface area contributed by atoms with E-state index in [1.165, 1.54) is 38.5 Å². The molecule has 0 heterocycles. The zero-order valence-corrected chi connectivity index (χ0v) is 22.7. The first-order valence-corrected chi connectivity index (χ1v) is 13.5. The number of unbranched alkanes of at least 4 members (excludes halogenated alkanes) is 7. The van der Waals surface area contributed by atoms with Crippen molar-refractivity contribution in [2.45, 2.75) is 71.6 Å². The van der Waals surface area contributed by atoms with Gasteiger partial charge in [-0.25, -0.2) is 0 Å². The molecule has 0 unspecified atom stereocenters. The summed E-state index contributed by atoms with van der Waals surface area (Å²) in [7, 11) is 0. The molecule has 0 bridgehead atoms. The molecular weight excluding hydrogens is 512 g/mol. The number of amides is 1. The number of halogens is 1. The maximum absolute atomic E-state index is 12.9. The fraction of sp³-hybridized carbons (Fsp3) is 0.481. The molecule has 0 aliphatic rings. The lowest BCUT2D eigenvalue weighted by molar-refractivity contribution is 0.0973. The second-order valence-corrected chi connectivity index (χ2v) is 9.57. The lowest BCUT2D eigenvalue weighted by Gasteiger charge is -2.14. The third-order valence-electron chi connectivity index (χ3n) is 5.30. The minimum atomic E-state index is -0.314. The number of rotatable bonds is 15. The first-order valence-electron chi connectivity index (χ1n) is 12.3. The molecule has 186 valence electrons. The van der Waals surface area contributed by atoms with Crippen molar-refractivity contribution in [3.05, 3.63) is 52.5 Å². The number of ether oxygens (including phenoxy) is 2. The molecule has 0 aliphatic heterocycles. The number of anilines is 1. The Morgan fingerprint density at radius 3 is 2.15 bits per heavy atom. The van der Waals surface area contributed by atoms with E-state index in [0.29, 0.717) is 17.9 Å². The van der Waals surface area contributed by atoms with Gasteiger partial charge in [-0.1, -0.05) is 74.7 Å². The molecule has 0 radical (unpaired) electrons. The summed E-state index contributed by atoms with van der Waals surface area (Å²) in [6.07, 6.45) is 10.5. The Morgan fingerprint density at radius 1 is 0.853 bits per heavy atom. The summed E-state index contributed by atoms with van der Waals surface area (Å²) < 4.78 is 12.5. The summed E-state index contributed by atoms with van der Waals surface area (Å²) in [5, 5.41) is 6.02. The average molecular weight is 550 g/mol. The molecule has 0 aromatic heterocycles. The predicted molar refractivity (Wildman–Crippen MR) is 148 cm³/mol. The summed E-state index contributed by atoms with van der Waals surface area (Å²) in [6, 6.07) is 13.0. The number of thiocarbonyl (C=S) groups is 1. The molecule has 2 N–H and O–H groups in total. The number of nitrogens with one attached hydrogen (secondary N) is 2. The van der Waals surface area contributed by atoms with Crippen molar-refractivity contribution in [1.82, 2.24) is 5.32 Å². The summed E-state index contributed by atoms with van der Waals surface area (Å²) in [5.74, 6) is 1.06. The molecule has 0 saturated carbocycles. The highest BCUT2D eigenvalue weighted by Gasteiger charge is 2.15. The quantitative estimate of drug-likeness (QED) is 0.175. The van der Waals surface area contributed by atoms with Gasteiger partial charge >= 0.3 is 0 Å². The van der Waals surface area contributed by atoms with Crippen LogP contribution in [-0.4, -0.2) is 24.2 Å². The van der Waals surface area contributed by atoms with E-state index in [-0.39, 0.29) is 11.0 Å². The first kappa shape index (κ1) is 28.1. The Bertz CT molecular complexity index is 890. The van der Waals surface area contributed by atoms with E-state index < -0.39 is 0 Å². The highest BCUT2D eigenvalue weighted by molar-refractivity contribution is 9.10. The number of carbonyl (C=O) groups is 1. The van der Waals surface area contributed by atoms with Gasteiger partial charge in [-0.15, -0.1) is 0 Å². The van der Waals surface area contributed by atoms with Crippen LogP contribution in [0.3, 0.4) is 0 Å². The van der Waals surface area contributed by atoms with E-state index in [9.17, 15) is 4.79 Å². The minimum absolute atomic E-state index is 0.225. The highest BCUT2D eigenvalue weighted by Crippen LogP contribution is 2.24. The lowest BCUT2D eigenvalue weighted by Crippen LogP contribution is -2.34. The molecule has 1 amide bonds. The molecule has 5 nitrogen and oxygen atoms in total. The third-order valence-corrected chi connectivity index (χ3v) is 5.99. The van der Waals surface area contributed by atoms with Crippen LogP contribution in [0, 0.1) is 0 Å². The van der Waals surface area contributed by atoms with E-state index in [1.807, 2.05) is 30.3 Å². The van der Waals surface area contributed by atoms with Gasteiger partial charge in [-0.3, -0.25) is 10.1 Å². The van der Waals surface area contributed by atoms with Crippen molar-refractivity contribution in [2.24, 2.45) is 0 Å². The van der Waals surface area contributed by atoms with Crippen molar-refractivity contribution in [3.8, 4) is 11.5 Å². The molecule has 0 aliphatic carbocycles. The van der Waals surface area contributed by atoms with Crippen LogP contribution in [-0.2, 0) is 0 Å². The Kier molecular flexibility index (Phi) is 13.6. The van der Waals surface area contributed by atoms with Crippen molar-refractivity contribution in [1.29, 1.82) is 0 Å². The van der Waals surface area contributed by atoms with E-state index in [2.05, 4.69) is 40.4 Å². The fourth-order valence-corrected chi connectivity index (χ4v) is 3.95. The lowest BCUT2D eigenvalue weighted by atomic mass is 10.2. The summed E-state index contributed by atoms with van der Waals surface area (Å²) >= 11 is 8.78. The van der Waals surface area contributed by atoms with Crippen molar-refractivity contribution < 1.29 is 14.3 Å². The van der Waals surface area contributed by atoms with E-state index >= 15 is 0 Å². The molecular formula is C27H37BrN2O3S. The van der Waals surface area contributed by atoms with Crippen LogP contribution in [0.5, 0.6) is 11.5 Å². The van der Waals surface area contributed by atoms with Gasteiger partial charge in [0, 0.05) is 10.2 Å². The van der Waals surface area contributed by atoms with Gasteiger partial charge in [0.05, 0.1) is 18.8 Å². The Morgan fingerprint density at radius 2 is 1.47 bits per heavy atom. The van der Waals surface area contributed by atoms with Crippen LogP contribution in [0.1, 0.15) is 82.0 Å². The van der Waals surface area contributed by atoms with Gasteiger partial charge in [-0.2, -0.15) is 0 Å². The van der Waals surface area contributed by atoms with Crippen LogP contribution in [0.4, 0.5) is 5.69 Å². The normalized spacial score (nSPS) is 10.6. The molecule has 2 aromatic carbocycles. The molecule has 0 fully saturated rings. The van der Waals surface area contributed by atoms with Gasteiger partial charge in [0.25, 0.3) is 5.91 Å². The fourth-order valence-electron chi connectivity index (χ4n) is 3.38. The Balaban J connectivity index is 1.83. The number of hydrogen-bond donors (Lipinski definition) is 2. The van der Waals surface area contributed by atoms with Crippen molar-refractivity contribution in [3.63, 3.8) is 0 Å². The minimum Gasteiger partial charge on any atom is -0.494 e. The highest BCUT2D eigenvalue weighted by atomic mass is 79.9. The number of benzene rings is 2. The molecule has 0 saturated heterocycles. The summed E-state index contributed by atoms with van der Waals surface area (Å²) in [5.41, 5.74) is 1.22. The summed E-state index contributed by atoms with van der Waals surface area (Å²) in [6.45, 7) is 5.69. The van der Waals surface area contributed by atoms with Gasteiger partial charge in [0.2, 0.25) is 0 Å². The molecule has 34 heavy (non-hydrogen) atoms. The second-order valence-electron chi connectivity index (χ2n) is 8.24. The van der Waals surface area contributed by atoms with Gasteiger partial charge < -0.3 is 14.8 Å². The van der Waals surface area contributed by atoms with Crippen molar-refractivity contribution in [2.75, 3.05) is 18.5 Å². The third kappa shape index (κ3) is 10.9. The predicted octanol–water partition coefficient (Wildman–Crippen LogP) is 7.88. The molecule has 7 heteroatoms. The zero-order chi connectivity index (χ0) is 24.6. The standard InChI is InChI=1S/C27H37BrN2O3S/c1-3-5-7-9-11-18-32-23-15-13-22(14-16-23)29-27(34)30-26(31)24-20-21(28)12-17-25(24)33-19-10-8-6-4-2/h12-17,20H,3-11,18-19H2,1-2H3,(H2,29,30,31,34). The van der Waals surface area contributed by atoms with E-state index in [1.54, 1.807) is 12.1 Å². The number of carbonyl (C=O) groups excluding carboxylic acids is 1. The maximum Gasteiger partial charge on any atom is 0.261 e. The van der Waals surface area contributed by atoms with E-state index in [0.717, 1.165) is 41.8 Å². The molecule has 0 spiro atoms. The SMILES string of the molecule is CCCCCCCOc1ccc(NC(=S)NC(=O)c2cc(Br)ccc2OCCCCCC)cc1. The largest absolute Gasteiger partial charge is 0.494 e. The molecule has 2 rings (SSSR count). The Labute approximate surface area is 218 Å². The van der Waals surface area contributed by atoms with Crippen molar-refractivity contribution >= 4 is 44.9 Å². The van der Waals surface area contributed by atoms with Crippen LogP contribution >= 0.6 is 28.1 Å². The maximum atomic E-state index is 12.9. The monoisotopic (exact) mass is 548 g/mol. The van der Waals surface area contributed by atoms with Gasteiger partial charge in [0.1, 0.15) is 11.5 Å². The second kappa shape index (κ2) is 16.5. The van der Waals surface area contributed by atoms with Crippen LogP contribution in [0.25, 0.3) is 0 Å². The first-order chi connectivity index (χ1) is 16.5. The molecule has 2 aromatic rings. The van der Waals surface area contributed by atoms with Crippen LogP contribution in [0.2, 0.25) is 0 Å². The molecule has 0 atom stereocenters. The summed E-state index contributed by atoms with van der Waals surface area (Å²) in [4.78, 5) is 12.9. The van der Waals surface area contributed by atoms with Gasteiger partial charge in [0.15, 0.2) is 5.11 Å². The topological polar surface area (TPSA) is 59.6 Å². The smallest absolute Gasteiger partial charge is 0.261 e. The zero-order valence-electron chi connectivity index (χ0n) is 20.3. The van der Waals surface area contributed by atoms with Crippen LogP contribution < -0.4 is 20.1 Å². The van der Waals surface area contributed by atoms with Gasteiger partial charge in [-0.05, 0) is 67.5 Å². The average Bonchev–Trinajstić information content (AvgIpc) is 2.83. The van der Waals surface area contributed by atoms with Crippen LogP contribution in [0.15, 0.2) is 46.9 Å². The number of hydrogen-bond acceptors (Lipinski definition) is 4. The van der Waals surface area contributed by atoms with E-state index in [4.69, 9.17) is 21.7 Å².